The molecular weight excluding hydrogens is 460 g/mol. The predicted molar refractivity (Wildman–Crippen MR) is 163 cm³/mol. The summed E-state index contributed by atoms with van der Waals surface area (Å²) in [5.41, 5.74) is 11.8. The number of nitrogens with zero attached hydrogens (tertiary/aromatic N) is 2. The largest absolute Gasteiger partial charge is 0.365 e. The van der Waals surface area contributed by atoms with Crippen molar-refractivity contribution < 1.29 is 0 Å². The Morgan fingerprint density at radius 1 is 0.605 bits per heavy atom. The maximum absolute atomic E-state index is 2.62. The molecule has 4 bridgehead atoms. The second-order valence-corrected chi connectivity index (χ2v) is 14.7. The number of hydrogen-bond donors (Lipinski definition) is 0. The van der Waals surface area contributed by atoms with E-state index in [1.54, 1.807) is 11.1 Å². The van der Waals surface area contributed by atoms with Crippen LogP contribution in [-0.2, 0) is 5.41 Å². The molecule has 200 valence electrons. The highest BCUT2D eigenvalue weighted by molar-refractivity contribution is 5.83. The smallest absolute Gasteiger partial charge is 0.0531 e. The molecule has 2 aromatic carbocycles. The summed E-state index contributed by atoms with van der Waals surface area (Å²) < 4.78 is 0. The molecule has 0 aromatic heterocycles. The normalized spacial score (nSPS) is 31.5. The third-order valence-electron chi connectivity index (χ3n) is 11.8. The average Bonchev–Trinajstić information content (AvgIpc) is 2.85. The molecule has 0 amide bonds. The minimum atomic E-state index is 0.0247. The quantitative estimate of drug-likeness (QED) is 0.402. The van der Waals surface area contributed by atoms with Gasteiger partial charge in [-0.3, -0.25) is 0 Å². The molecule has 0 N–H and O–H groups in total. The molecule has 8 rings (SSSR count). The van der Waals surface area contributed by atoms with E-state index in [9.17, 15) is 0 Å². The Morgan fingerprint density at radius 2 is 1.00 bits per heavy atom. The predicted octanol–water partition coefficient (Wildman–Crippen LogP) is 8.69. The van der Waals surface area contributed by atoms with Gasteiger partial charge in [0, 0.05) is 42.0 Å². The molecule has 2 heteroatoms. The van der Waals surface area contributed by atoms with Crippen LogP contribution in [0.25, 0.3) is 11.1 Å². The second kappa shape index (κ2) is 7.80. The Morgan fingerprint density at radius 3 is 1.39 bits per heavy atom. The molecule has 0 atom stereocenters. The summed E-state index contributed by atoms with van der Waals surface area (Å²) in [6, 6.07) is 15.2. The average molecular weight is 507 g/mol. The fraction of sp³-hybridized carbons (Fsp3) is 0.556. The number of benzene rings is 2. The Balaban J connectivity index is 1.46. The summed E-state index contributed by atoms with van der Waals surface area (Å²) in [4.78, 5) is 5.03. The molecule has 2 nitrogen and oxygen atoms in total. The van der Waals surface area contributed by atoms with Crippen LogP contribution in [0.1, 0.15) is 95.9 Å². The molecule has 0 unspecified atom stereocenters. The molecule has 4 fully saturated rings. The van der Waals surface area contributed by atoms with Crippen LogP contribution in [0.2, 0.25) is 0 Å². The van der Waals surface area contributed by atoms with Crippen LogP contribution in [0.4, 0.5) is 11.4 Å². The van der Waals surface area contributed by atoms with E-state index in [4.69, 9.17) is 0 Å². The van der Waals surface area contributed by atoms with Crippen LogP contribution in [0, 0.1) is 23.7 Å². The monoisotopic (exact) mass is 506 g/mol. The topological polar surface area (TPSA) is 6.48 Å². The first-order valence-electron chi connectivity index (χ1n) is 15.1. The number of allylic oxidation sites excluding steroid dienone is 2. The van der Waals surface area contributed by atoms with Gasteiger partial charge >= 0.3 is 0 Å². The van der Waals surface area contributed by atoms with Crippen molar-refractivity contribution >= 4 is 22.5 Å². The first-order valence-corrected chi connectivity index (χ1v) is 15.1. The fourth-order valence-electron chi connectivity index (χ4n) is 9.87. The lowest BCUT2D eigenvalue weighted by Gasteiger charge is -2.62. The van der Waals surface area contributed by atoms with E-state index in [1.165, 1.54) is 65.8 Å². The Kier molecular flexibility index (Phi) is 5.04. The molecule has 38 heavy (non-hydrogen) atoms. The summed E-state index contributed by atoms with van der Waals surface area (Å²) in [6.45, 7) is 14.0. The van der Waals surface area contributed by atoms with Gasteiger partial charge in [0.25, 0.3) is 0 Å². The maximum Gasteiger partial charge on any atom is 0.0531 e. The third kappa shape index (κ3) is 3.18. The lowest BCUT2D eigenvalue weighted by Crippen LogP contribution is -2.56. The summed E-state index contributed by atoms with van der Waals surface area (Å²) >= 11 is 0. The lowest BCUT2D eigenvalue weighted by atomic mass is 9.42. The Bertz CT molecular complexity index is 1270. The molecule has 0 radical (unpaired) electrons. The Labute approximate surface area is 230 Å². The zero-order valence-electron chi connectivity index (χ0n) is 24.9. The van der Waals surface area contributed by atoms with Gasteiger partial charge in [0.1, 0.15) is 0 Å². The van der Waals surface area contributed by atoms with Crippen LogP contribution in [0.5, 0.6) is 0 Å². The molecule has 2 heterocycles. The van der Waals surface area contributed by atoms with E-state index < -0.39 is 0 Å². The summed E-state index contributed by atoms with van der Waals surface area (Å²) in [5, 5.41) is 0. The number of likely N-dealkylation sites (N-methyl/N-ethyl adjacent to an activating group) is 2. The van der Waals surface area contributed by atoms with Gasteiger partial charge in [0.2, 0.25) is 0 Å². The van der Waals surface area contributed by atoms with Crippen LogP contribution in [0.3, 0.4) is 0 Å². The SMILES string of the molecule is CC1=CC(C)(C)N(C)c2cc(C3(c4ccc5c(c4)N(C)C(C)(C)C=C5C)C4CC5CC(C4)CC3C5)ccc21. The highest BCUT2D eigenvalue weighted by atomic mass is 15.2. The van der Waals surface area contributed by atoms with Gasteiger partial charge in [-0.15, -0.1) is 0 Å². The first kappa shape index (κ1) is 24.6. The number of hydrogen-bond acceptors (Lipinski definition) is 2. The van der Waals surface area contributed by atoms with Gasteiger partial charge in [0.05, 0.1) is 11.1 Å². The molecule has 0 spiro atoms. The van der Waals surface area contributed by atoms with Crippen molar-refractivity contribution in [1.82, 2.24) is 0 Å². The van der Waals surface area contributed by atoms with Crippen molar-refractivity contribution in [3.05, 3.63) is 70.8 Å². The summed E-state index contributed by atoms with van der Waals surface area (Å²) in [6.07, 6.45) is 12.0. The number of anilines is 2. The van der Waals surface area contributed by atoms with Gasteiger partial charge in [-0.1, -0.05) is 36.4 Å². The van der Waals surface area contributed by atoms with Crippen LogP contribution >= 0.6 is 0 Å². The van der Waals surface area contributed by atoms with E-state index >= 15 is 0 Å². The van der Waals surface area contributed by atoms with Crippen molar-refractivity contribution in [2.24, 2.45) is 23.7 Å². The zero-order chi connectivity index (χ0) is 26.8. The Hall–Kier alpha value is -2.48. The van der Waals surface area contributed by atoms with Crippen LogP contribution in [0.15, 0.2) is 48.6 Å². The minimum Gasteiger partial charge on any atom is -0.365 e. The van der Waals surface area contributed by atoms with Gasteiger partial charge in [0.15, 0.2) is 0 Å². The maximum atomic E-state index is 2.62. The van der Waals surface area contributed by atoms with E-state index in [0.717, 1.165) is 23.7 Å². The van der Waals surface area contributed by atoms with E-state index in [0.29, 0.717) is 0 Å². The van der Waals surface area contributed by atoms with Gasteiger partial charge < -0.3 is 9.80 Å². The van der Waals surface area contributed by atoms with Crippen molar-refractivity contribution in [2.45, 2.75) is 90.1 Å². The summed E-state index contributed by atoms with van der Waals surface area (Å²) in [5.74, 6) is 3.37. The summed E-state index contributed by atoms with van der Waals surface area (Å²) in [7, 11) is 4.58. The highest BCUT2D eigenvalue weighted by Crippen LogP contribution is 2.66. The molecule has 6 aliphatic rings. The van der Waals surface area contributed by atoms with Crippen LogP contribution < -0.4 is 9.80 Å². The second-order valence-electron chi connectivity index (χ2n) is 14.7. The third-order valence-corrected chi connectivity index (χ3v) is 11.8. The van der Waals surface area contributed by atoms with Crippen LogP contribution in [-0.4, -0.2) is 25.2 Å². The van der Waals surface area contributed by atoms with Gasteiger partial charge in [-0.05, 0) is 132 Å². The fourth-order valence-corrected chi connectivity index (χ4v) is 9.87. The number of fused-ring (bicyclic) bond motifs is 2. The van der Waals surface area contributed by atoms with Crippen molar-refractivity contribution in [2.75, 3.05) is 23.9 Å². The molecular formula is C36H46N2. The number of rotatable bonds is 2. The van der Waals surface area contributed by atoms with E-state index in [2.05, 4.69) is 114 Å². The molecule has 4 saturated carbocycles. The van der Waals surface area contributed by atoms with Crippen molar-refractivity contribution in [1.29, 1.82) is 0 Å². The van der Waals surface area contributed by atoms with Gasteiger partial charge in [-0.25, -0.2) is 0 Å². The van der Waals surface area contributed by atoms with Gasteiger partial charge in [-0.2, -0.15) is 0 Å². The minimum absolute atomic E-state index is 0.0247. The van der Waals surface area contributed by atoms with E-state index in [-0.39, 0.29) is 16.5 Å². The van der Waals surface area contributed by atoms with Crippen molar-refractivity contribution in [3.63, 3.8) is 0 Å². The molecule has 0 saturated heterocycles. The standard InChI is InChI=1S/C36H46N2/c1-22-20-34(3,4)37(7)32-18-26(9-11-30(22)32)36(28-14-24-13-25(16-28)17-29(36)15-24)27-10-12-31-23(2)21-35(5,6)38(8)33(31)19-27/h9-12,18-21,24-25,28-29H,13-17H2,1-8H3. The zero-order valence-corrected chi connectivity index (χ0v) is 24.9. The molecule has 2 aromatic rings. The van der Waals surface area contributed by atoms with Crippen molar-refractivity contribution in [3.8, 4) is 0 Å². The van der Waals surface area contributed by atoms with E-state index in [1.807, 2.05) is 0 Å². The highest BCUT2D eigenvalue weighted by Gasteiger charge is 2.59. The first-order chi connectivity index (χ1) is 17.9. The lowest BCUT2D eigenvalue weighted by molar-refractivity contribution is -0.0418. The molecule has 2 aliphatic heterocycles. The molecule has 4 aliphatic carbocycles.